The molecule has 13 heteroatoms. The Morgan fingerprint density at radius 2 is 1.83 bits per heavy atom. The third-order valence-corrected chi connectivity index (χ3v) is 11.7. The maximum Gasteiger partial charge on any atom is 0.347 e. The van der Waals surface area contributed by atoms with Crippen LogP contribution in [0.25, 0.3) is 20.7 Å². The van der Waals surface area contributed by atoms with Gasteiger partial charge in [0.15, 0.2) is 0 Å². The van der Waals surface area contributed by atoms with Crippen LogP contribution >= 0.6 is 22.9 Å². The molecule has 5 aromatic rings. The standard InChI is InChI=1S/C33H29ClN6O5S/c1-16-21-13-18(34)8-9-25(21)46-28(16)23-15-26(37(4)35-23)39-29(42)22-14-24-20(10-11-38-31(44)36(3)32(45)40(24)38)27(33(22,2)30(39)43)17-6-5-7-19(41)12-17/h5-10,12-13,15,22,24,27,41H,11,14H2,1-4H3. The summed E-state index contributed by atoms with van der Waals surface area (Å²) >= 11 is 7.84. The van der Waals surface area contributed by atoms with E-state index < -0.39 is 40.6 Å². The monoisotopic (exact) mass is 656 g/mol. The number of hydrogen-bond acceptors (Lipinski definition) is 7. The first-order valence-electron chi connectivity index (χ1n) is 14.9. The van der Waals surface area contributed by atoms with Crippen molar-refractivity contribution in [2.24, 2.45) is 25.4 Å². The zero-order chi connectivity index (χ0) is 32.4. The first kappa shape index (κ1) is 28.8. The number of imide groups is 1. The summed E-state index contributed by atoms with van der Waals surface area (Å²) in [6, 6.07) is 13.5. The van der Waals surface area contributed by atoms with Gasteiger partial charge in [0, 0.05) is 35.8 Å². The Morgan fingerprint density at radius 1 is 1.04 bits per heavy atom. The molecule has 1 N–H and O–H groups in total. The van der Waals surface area contributed by atoms with Crippen LogP contribution in [0.4, 0.5) is 5.82 Å². The maximum absolute atomic E-state index is 14.8. The van der Waals surface area contributed by atoms with Crippen molar-refractivity contribution in [1.82, 2.24) is 23.7 Å². The number of rotatable bonds is 3. The molecule has 1 saturated carbocycles. The highest BCUT2D eigenvalue weighted by molar-refractivity contribution is 7.22. The fourth-order valence-corrected chi connectivity index (χ4v) is 9.22. The third kappa shape index (κ3) is 3.68. The second kappa shape index (κ2) is 9.66. The summed E-state index contributed by atoms with van der Waals surface area (Å²) < 4.78 is 6.47. The highest BCUT2D eigenvalue weighted by Crippen LogP contribution is 2.61. The molecule has 234 valence electrons. The summed E-state index contributed by atoms with van der Waals surface area (Å²) in [5.74, 6) is -1.88. The molecule has 2 aliphatic heterocycles. The number of aromatic nitrogens is 5. The van der Waals surface area contributed by atoms with Crippen molar-refractivity contribution in [3.8, 4) is 16.3 Å². The van der Waals surface area contributed by atoms with Crippen molar-refractivity contribution in [1.29, 1.82) is 0 Å². The first-order valence-corrected chi connectivity index (χ1v) is 16.1. The number of anilines is 1. The van der Waals surface area contributed by atoms with Gasteiger partial charge in [0.1, 0.15) is 17.3 Å². The Morgan fingerprint density at radius 3 is 2.59 bits per heavy atom. The van der Waals surface area contributed by atoms with E-state index in [0.29, 0.717) is 22.1 Å². The largest absolute Gasteiger partial charge is 0.508 e. The summed E-state index contributed by atoms with van der Waals surface area (Å²) in [5, 5.41) is 16.9. The minimum absolute atomic E-state index is 0.0230. The van der Waals surface area contributed by atoms with Gasteiger partial charge in [0.2, 0.25) is 11.8 Å². The van der Waals surface area contributed by atoms with Crippen molar-refractivity contribution in [3.63, 3.8) is 0 Å². The number of amides is 2. The summed E-state index contributed by atoms with van der Waals surface area (Å²) in [4.78, 5) is 57.7. The zero-order valence-corrected chi connectivity index (χ0v) is 27.0. The number of phenolic OH excluding ortho intramolecular Hbond substituents is 1. The number of aromatic hydroxyl groups is 1. The Bertz CT molecular complexity index is 2320. The molecule has 3 aliphatic rings. The zero-order valence-electron chi connectivity index (χ0n) is 25.4. The lowest BCUT2D eigenvalue weighted by Crippen LogP contribution is -2.49. The summed E-state index contributed by atoms with van der Waals surface area (Å²) in [5.41, 5.74) is 0.882. The molecule has 3 aromatic heterocycles. The number of aryl methyl sites for hydroxylation is 2. The number of phenols is 1. The van der Waals surface area contributed by atoms with Gasteiger partial charge >= 0.3 is 11.4 Å². The van der Waals surface area contributed by atoms with Crippen LogP contribution in [-0.2, 0) is 30.2 Å². The van der Waals surface area contributed by atoms with E-state index in [1.54, 1.807) is 54.3 Å². The van der Waals surface area contributed by atoms with Crippen LogP contribution in [0.15, 0.2) is 69.8 Å². The molecule has 0 spiro atoms. The second-order valence-corrected chi connectivity index (χ2v) is 14.0. The molecule has 5 heterocycles. The van der Waals surface area contributed by atoms with Crippen LogP contribution in [0.2, 0.25) is 5.02 Å². The highest BCUT2D eigenvalue weighted by atomic mass is 35.5. The number of hydrogen-bond donors (Lipinski definition) is 1. The van der Waals surface area contributed by atoms with Gasteiger partial charge in [-0.25, -0.2) is 28.4 Å². The van der Waals surface area contributed by atoms with Crippen LogP contribution in [0.1, 0.15) is 36.4 Å². The van der Waals surface area contributed by atoms with Crippen molar-refractivity contribution >= 4 is 50.7 Å². The molecule has 46 heavy (non-hydrogen) atoms. The normalized spacial score (nSPS) is 23.9. The molecule has 0 radical (unpaired) electrons. The van der Waals surface area contributed by atoms with Gasteiger partial charge < -0.3 is 5.11 Å². The van der Waals surface area contributed by atoms with Crippen LogP contribution in [0.3, 0.4) is 0 Å². The molecule has 4 atom stereocenters. The number of thiophene rings is 1. The molecule has 2 aromatic carbocycles. The van der Waals surface area contributed by atoms with Gasteiger partial charge in [-0.15, -0.1) is 11.3 Å². The smallest absolute Gasteiger partial charge is 0.347 e. The minimum atomic E-state index is -1.25. The van der Waals surface area contributed by atoms with Crippen molar-refractivity contribution in [3.05, 3.63) is 97.3 Å². The Balaban J connectivity index is 1.28. The van der Waals surface area contributed by atoms with Gasteiger partial charge in [0.25, 0.3) is 0 Å². The predicted molar refractivity (Wildman–Crippen MR) is 174 cm³/mol. The van der Waals surface area contributed by atoms with E-state index in [-0.39, 0.29) is 24.6 Å². The van der Waals surface area contributed by atoms with Gasteiger partial charge in [-0.2, -0.15) is 5.10 Å². The lowest BCUT2D eigenvalue weighted by molar-refractivity contribution is -0.129. The predicted octanol–water partition coefficient (Wildman–Crippen LogP) is 4.50. The van der Waals surface area contributed by atoms with Gasteiger partial charge in [-0.3, -0.25) is 14.3 Å². The molecular weight excluding hydrogens is 628 g/mol. The number of carbonyl (C=O) groups excluding carboxylic acids is 2. The van der Waals surface area contributed by atoms with E-state index in [2.05, 4.69) is 0 Å². The quantitative estimate of drug-likeness (QED) is 0.225. The molecule has 1 saturated heterocycles. The number of halogens is 1. The van der Waals surface area contributed by atoms with E-state index >= 15 is 0 Å². The molecular formula is C33H29ClN6O5S. The fraction of sp³-hybridized carbons (Fsp3) is 0.303. The fourth-order valence-electron chi connectivity index (χ4n) is 7.90. The topological polar surface area (TPSA) is 124 Å². The Labute approximate surface area is 271 Å². The van der Waals surface area contributed by atoms with Gasteiger partial charge in [-0.05, 0) is 72.7 Å². The number of carbonyl (C=O) groups is 2. The van der Waals surface area contributed by atoms with Crippen molar-refractivity contribution in [2.75, 3.05) is 4.90 Å². The molecule has 2 fully saturated rings. The average molecular weight is 657 g/mol. The second-order valence-electron chi connectivity index (χ2n) is 12.6. The first-order chi connectivity index (χ1) is 21.9. The average Bonchev–Trinajstić information content (AvgIpc) is 3.68. The van der Waals surface area contributed by atoms with Crippen LogP contribution in [0, 0.1) is 18.3 Å². The lowest BCUT2D eigenvalue weighted by atomic mass is 9.56. The van der Waals surface area contributed by atoms with Crippen LogP contribution in [0.5, 0.6) is 5.75 Å². The Kier molecular flexibility index (Phi) is 6.04. The van der Waals surface area contributed by atoms with Gasteiger partial charge in [-0.1, -0.05) is 29.8 Å². The number of allylic oxidation sites excluding steroid dienone is 2. The van der Waals surface area contributed by atoms with Crippen LogP contribution in [-0.4, -0.2) is 40.6 Å². The SMILES string of the molecule is Cc1c(-c2cc(N3C(=O)C4CC5C(=CCn6c(=O)n(C)c(=O)n65)C(c5cccc(O)c5)C4(C)C3=O)n(C)n2)sc2ccc(Cl)cc12. The minimum Gasteiger partial charge on any atom is -0.508 e. The lowest BCUT2D eigenvalue weighted by Gasteiger charge is -2.47. The molecule has 11 nitrogen and oxygen atoms in total. The van der Waals surface area contributed by atoms with E-state index in [9.17, 15) is 24.3 Å². The van der Waals surface area contributed by atoms with Crippen molar-refractivity contribution < 1.29 is 14.7 Å². The summed E-state index contributed by atoms with van der Waals surface area (Å²) in [6.45, 7) is 3.95. The molecule has 1 aliphatic carbocycles. The third-order valence-electron chi connectivity index (χ3n) is 10.1. The molecule has 2 amide bonds. The Hall–Kier alpha value is -4.68. The molecule has 4 unspecified atom stereocenters. The van der Waals surface area contributed by atoms with E-state index in [1.165, 1.54) is 21.3 Å². The van der Waals surface area contributed by atoms with Gasteiger partial charge in [0.05, 0.1) is 28.8 Å². The van der Waals surface area contributed by atoms with E-state index in [1.807, 2.05) is 37.3 Å². The number of nitrogens with zero attached hydrogens (tertiary/aromatic N) is 6. The van der Waals surface area contributed by atoms with E-state index in [0.717, 1.165) is 30.7 Å². The summed E-state index contributed by atoms with van der Waals surface area (Å²) in [7, 11) is 3.14. The number of fused-ring (bicyclic) bond motifs is 5. The molecule has 0 bridgehead atoms. The number of benzene rings is 2. The summed E-state index contributed by atoms with van der Waals surface area (Å²) in [6.07, 6.45) is 2.05. The highest BCUT2D eigenvalue weighted by Gasteiger charge is 2.65. The van der Waals surface area contributed by atoms with Crippen LogP contribution < -0.4 is 16.3 Å². The van der Waals surface area contributed by atoms with E-state index in [4.69, 9.17) is 16.7 Å². The molecule has 8 rings (SSSR count). The maximum atomic E-state index is 14.8. The van der Waals surface area contributed by atoms with Crippen molar-refractivity contribution in [2.45, 2.75) is 38.8 Å².